The molecule has 0 aromatic heterocycles. The molecule has 0 aromatic carbocycles. The van der Waals surface area contributed by atoms with E-state index < -0.39 is 0 Å². The van der Waals surface area contributed by atoms with Crippen LogP contribution in [0, 0.1) is 0 Å². The maximum absolute atomic E-state index is 12.6. The third-order valence-corrected chi connectivity index (χ3v) is 4.27. The Morgan fingerprint density at radius 3 is 2.56 bits per heavy atom. The summed E-state index contributed by atoms with van der Waals surface area (Å²) in [6.07, 6.45) is 7.49. The predicted octanol–water partition coefficient (Wildman–Crippen LogP) is 1.28. The molecule has 2 fully saturated rings. The highest BCUT2D eigenvalue weighted by atomic mass is 16.3. The second-order valence-electron chi connectivity index (χ2n) is 5.74. The molecule has 2 N–H and O–H groups in total. The van der Waals surface area contributed by atoms with E-state index in [1.165, 1.54) is 12.8 Å². The molecule has 2 unspecified atom stereocenters. The van der Waals surface area contributed by atoms with Gasteiger partial charge in [-0.1, -0.05) is 0 Å². The fraction of sp³-hybridized carbons (Fsp3) is 0.929. The highest BCUT2D eigenvalue weighted by Gasteiger charge is 2.33. The summed E-state index contributed by atoms with van der Waals surface area (Å²) in [5.41, 5.74) is 0. The molecule has 18 heavy (non-hydrogen) atoms. The van der Waals surface area contributed by atoms with Crippen molar-refractivity contribution in [3.05, 3.63) is 0 Å². The largest absolute Gasteiger partial charge is 0.396 e. The molecule has 1 saturated carbocycles. The summed E-state index contributed by atoms with van der Waals surface area (Å²) in [5.74, 6) is 0.264. The molecule has 2 rings (SSSR count). The average molecular weight is 254 g/mol. The van der Waals surface area contributed by atoms with Crippen LogP contribution in [0.25, 0.3) is 0 Å². The van der Waals surface area contributed by atoms with Crippen LogP contribution in [0.15, 0.2) is 0 Å². The predicted molar refractivity (Wildman–Crippen MR) is 71.3 cm³/mol. The third-order valence-electron chi connectivity index (χ3n) is 4.27. The van der Waals surface area contributed by atoms with Gasteiger partial charge in [-0.15, -0.1) is 0 Å². The van der Waals surface area contributed by atoms with Crippen molar-refractivity contribution in [2.45, 2.75) is 70.0 Å². The zero-order valence-corrected chi connectivity index (χ0v) is 11.4. The molecule has 104 valence electrons. The van der Waals surface area contributed by atoms with E-state index in [4.69, 9.17) is 5.11 Å². The third kappa shape index (κ3) is 3.23. The van der Waals surface area contributed by atoms with Gasteiger partial charge in [-0.3, -0.25) is 4.79 Å². The molecule has 2 atom stereocenters. The maximum Gasteiger partial charge on any atom is 0.239 e. The monoisotopic (exact) mass is 254 g/mol. The summed E-state index contributed by atoms with van der Waals surface area (Å²) in [4.78, 5) is 14.6. The van der Waals surface area contributed by atoms with Crippen molar-refractivity contribution in [1.29, 1.82) is 0 Å². The quantitative estimate of drug-likeness (QED) is 0.777. The molecule has 4 heteroatoms. The van der Waals surface area contributed by atoms with Gasteiger partial charge in [0.2, 0.25) is 5.91 Å². The van der Waals surface area contributed by atoms with Crippen molar-refractivity contribution in [3.63, 3.8) is 0 Å². The van der Waals surface area contributed by atoms with E-state index >= 15 is 0 Å². The number of rotatable bonds is 5. The standard InChI is InChI=1S/C14H26N2O2/c1-11-5-2-8-13(15-11)14(18)16(9-4-10-17)12-6-3-7-12/h11-13,15,17H,2-10H2,1H3. The topological polar surface area (TPSA) is 52.6 Å². The lowest BCUT2D eigenvalue weighted by molar-refractivity contribution is -0.138. The van der Waals surface area contributed by atoms with Crippen LogP contribution in [0.4, 0.5) is 0 Å². The summed E-state index contributed by atoms with van der Waals surface area (Å²) in [6.45, 7) is 3.04. The van der Waals surface area contributed by atoms with Gasteiger partial charge in [0.15, 0.2) is 0 Å². The molecule has 0 bridgehead atoms. The highest BCUT2D eigenvalue weighted by molar-refractivity contribution is 5.82. The maximum atomic E-state index is 12.6. The van der Waals surface area contributed by atoms with E-state index in [0.717, 1.165) is 25.7 Å². The fourth-order valence-corrected chi connectivity index (χ4v) is 2.95. The van der Waals surface area contributed by atoms with E-state index in [1.54, 1.807) is 0 Å². The average Bonchev–Trinajstić information content (AvgIpc) is 2.31. The van der Waals surface area contributed by atoms with Crippen LogP contribution in [-0.2, 0) is 4.79 Å². The van der Waals surface area contributed by atoms with Crippen molar-refractivity contribution in [3.8, 4) is 0 Å². The lowest BCUT2D eigenvalue weighted by Gasteiger charge is -2.41. The molecule has 1 heterocycles. The Kier molecular flexibility index (Phi) is 5.01. The van der Waals surface area contributed by atoms with Gasteiger partial charge < -0.3 is 15.3 Å². The molecule has 1 aliphatic heterocycles. The van der Waals surface area contributed by atoms with E-state index in [0.29, 0.717) is 25.0 Å². The number of hydrogen-bond donors (Lipinski definition) is 2. The van der Waals surface area contributed by atoms with Crippen LogP contribution in [0.2, 0.25) is 0 Å². The fourth-order valence-electron chi connectivity index (χ4n) is 2.95. The molecule has 1 amide bonds. The Morgan fingerprint density at radius 2 is 2.00 bits per heavy atom. The van der Waals surface area contributed by atoms with Gasteiger partial charge in [-0.2, -0.15) is 0 Å². The van der Waals surface area contributed by atoms with Crippen LogP contribution in [0.1, 0.15) is 51.9 Å². The summed E-state index contributed by atoms with van der Waals surface area (Å²) in [5, 5.41) is 12.4. The second kappa shape index (κ2) is 6.53. The number of nitrogens with zero attached hydrogens (tertiary/aromatic N) is 1. The minimum atomic E-state index is 0.00745. The van der Waals surface area contributed by atoms with E-state index in [-0.39, 0.29) is 18.6 Å². The number of amides is 1. The van der Waals surface area contributed by atoms with Gasteiger partial charge in [-0.05, 0) is 51.9 Å². The molecule has 1 aliphatic carbocycles. The number of nitrogens with one attached hydrogen (secondary N) is 1. The van der Waals surface area contributed by atoms with Crippen LogP contribution in [-0.4, -0.2) is 47.2 Å². The number of carbonyl (C=O) groups excluding carboxylic acids is 1. The van der Waals surface area contributed by atoms with Crippen molar-refractivity contribution < 1.29 is 9.90 Å². The van der Waals surface area contributed by atoms with Gasteiger partial charge >= 0.3 is 0 Å². The first-order valence-corrected chi connectivity index (χ1v) is 7.39. The summed E-state index contributed by atoms with van der Waals surface area (Å²) in [7, 11) is 0. The first kappa shape index (κ1) is 13.8. The molecule has 0 spiro atoms. The minimum Gasteiger partial charge on any atom is -0.396 e. The van der Waals surface area contributed by atoms with Crippen LogP contribution < -0.4 is 5.32 Å². The Bertz CT molecular complexity index is 279. The normalized spacial score (nSPS) is 28.8. The van der Waals surface area contributed by atoms with Crippen molar-refractivity contribution in [2.75, 3.05) is 13.2 Å². The molecule has 1 saturated heterocycles. The van der Waals surface area contributed by atoms with Crippen LogP contribution in [0.5, 0.6) is 0 Å². The number of aliphatic hydroxyl groups excluding tert-OH is 1. The summed E-state index contributed by atoms with van der Waals surface area (Å²) < 4.78 is 0. The van der Waals surface area contributed by atoms with Crippen molar-refractivity contribution in [2.24, 2.45) is 0 Å². The SMILES string of the molecule is CC1CCCC(C(=O)N(CCCO)C2CCC2)N1. The van der Waals surface area contributed by atoms with Crippen LogP contribution in [0.3, 0.4) is 0 Å². The Morgan fingerprint density at radius 1 is 1.28 bits per heavy atom. The van der Waals surface area contributed by atoms with Gasteiger partial charge in [0.05, 0.1) is 6.04 Å². The molecule has 0 radical (unpaired) electrons. The molecule has 4 nitrogen and oxygen atoms in total. The number of hydrogen-bond acceptors (Lipinski definition) is 3. The van der Waals surface area contributed by atoms with Gasteiger partial charge in [0.25, 0.3) is 0 Å². The zero-order valence-electron chi connectivity index (χ0n) is 11.4. The first-order valence-electron chi connectivity index (χ1n) is 7.39. The lowest BCUT2D eigenvalue weighted by Crippen LogP contribution is -2.55. The Hall–Kier alpha value is -0.610. The van der Waals surface area contributed by atoms with Gasteiger partial charge in [0, 0.05) is 25.2 Å². The van der Waals surface area contributed by atoms with E-state index in [1.807, 2.05) is 4.90 Å². The van der Waals surface area contributed by atoms with E-state index in [9.17, 15) is 4.79 Å². The molecule has 0 aromatic rings. The zero-order chi connectivity index (χ0) is 13.0. The summed E-state index contributed by atoms with van der Waals surface area (Å²) >= 11 is 0. The molecular weight excluding hydrogens is 228 g/mol. The smallest absolute Gasteiger partial charge is 0.239 e. The number of aliphatic hydroxyl groups is 1. The van der Waals surface area contributed by atoms with Gasteiger partial charge in [0.1, 0.15) is 0 Å². The molecular formula is C14H26N2O2. The minimum absolute atomic E-state index is 0.00745. The highest BCUT2D eigenvalue weighted by Crippen LogP contribution is 2.26. The Balaban J connectivity index is 1.93. The van der Waals surface area contributed by atoms with Crippen molar-refractivity contribution >= 4 is 5.91 Å². The molecule has 2 aliphatic rings. The second-order valence-corrected chi connectivity index (χ2v) is 5.74. The van der Waals surface area contributed by atoms with Crippen molar-refractivity contribution in [1.82, 2.24) is 10.2 Å². The first-order chi connectivity index (χ1) is 8.72. The van der Waals surface area contributed by atoms with Gasteiger partial charge in [-0.25, -0.2) is 0 Å². The van der Waals surface area contributed by atoms with E-state index in [2.05, 4.69) is 12.2 Å². The van der Waals surface area contributed by atoms with Crippen LogP contribution >= 0.6 is 0 Å². The Labute approximate surface area is 110 Å². The number of piperidine rings is 1. The lowest BCUT2D eigenvalue weighted by atomic mass is 9.90. The number of carbonyl (C=O) groups is 1. The summed E-state index contributed by atoms with van der Waals surface area (Å²) in [6, 6.07) is 0.893.